The van der Waals surface area contributed by atoms with Crippen molar-refractivity contribution in [1.29, 1.82) is 0 Å². The minimum Gasteiger partial charge on any atom is -0.497 e. The number of hydrogen-bond donors (Lipinski definition) is 1. The first-order valence-electron chi connectivity index (χ1n) is 8.00. The molecule has 0 aromatic heterocycles. The van der Waals surface area contributed by atoms with Gasteiger partial charge in [-0.1, -0.05) is 33.6 Å². The van der Waals surface area contributed by atoms with Gasteiger partial charge in [0.25, 0.3) is 5.91 Å². The molecule has 130 valence electrons. The Labute approximate surface area is 155 Å². The summed E-state index contributed by atoms with van der Waals surface area (Å²) in [7, 11) is 1.63. The van der Waals surface area contributed by atoms with Crippen molar-refractivity contribution >= 4 is 27.4 Å². The van der Waals surface area contributed by atoms with E-state index < -0.39 is 5.91 Å². The number of amides is 1. The van der Waals surface area contributed by atoms with E-state index in [2.05, 4.69) is 29.8 Å². The standard InChI is InChI=1S/C20H20BrNO3/c1-11-8-15-18(12(11)2)16(21)9-17(19(15)20(22)23)25-10-13-4-6-14(24-3)7-5-13/h4-7,9H,8,10H2,1-3H3,(H2,22,23). The molecule has 1 aliphatic carbocycles. The van der Waals surface area contributed by atoms with Crippen LogP contribution in [0.5, 0.6) is 11.5 Å². The lowest BCUT2D eigenvalue weighted by Crippen LogP contribution is -2.16. The summed E-state index contributed by atoms with van der Waals surface area (Å²) in [4.78, 5) is 12.1. The minimum absolute atomic E-state index is 0.348. The average molecular weight is 402 g/mol. The number of allylic oxidation sites excluding steroid dienone is 2. The number of methoxy groups -OCH3 is 1. The number of nitrogens with two attached hydrogens (primary N) is 1. The quantitative estimate of drug-likeness (QED) is 0.802. The van der Waals surface area contributed by atoms with Gasteiger partial charge in [0.2, 0.25) is 0 Å². The van der Waals surface area contributed by atoms with E-state index in [1.807, 2.05) is 30.3 Å². The number of fused-ring (bicyclic) bond motifs is 1. The second kappa shape index (κ2) is 6.92. The van der Waals surface area contributed by atoms with Crippen LogP contribution in [0.1, 0.15) is 40.9 Å². The van der Waals surface area contributed by atoms with E-state index in [4.69, 9.17) is 15.2 Å². The Bertz CT molecular complexity index is 870. The summed E-state index contributed by atoms with van der Waals surface area (Å²) in [6, 6.07) is 9.46. The fourth-order valence-corrected chi connectivity index (χ4v) is 3.88. The monoisotopic (exact) mass is 401 g/mol. The summed E-state index contributed by atoms with van der Waals surface area (Å²) in [6.07, 6.45) is 0.720. The third kappa shape index (κ3) is 3.29. The molecular formula is C20H20BrNO3. The number of rotatable bonds is 5. The molecule has 0 aliphatic heterocycles. The van der Waals surface area contributed by atoms with Crippen molar-refractivity contribution in [2.75, 3.05) is 7.11 Å². The maximum absolute atomic E-state index is 12.1. The molecule has 1 aliphatic rings. The van der Waals surface area contributed by atoms with Crippen molar-refractivity contribution in [1.82, 2.24) is 0 Å². The van der Waals surface area contributed by atoms with Gasteiger partial charge in [0.15, 0.2) is 0 Å². The number of primary amides is 1. The van der Waals surface area contributed by atoms with Crippen molar-refractivity contribution in [2.24, 2.45) is 5.73 Å². The van der Waals surface area contributed by atoms with E-state index in [1.165, 1.54) is 11.1 Å². The van der Waals surface area contributed by atoms with E-state index in [0.717, 1.165) is 33.3 Å². The third-order valence-corrected chi connectivity index (χ3v) is 5.23. The van der Waals surface area contributed by atoms with Crippen LogP contribution in [0.3, 0.4) is 0 Å². The Balaban J connectivity index is 1.93. The molecule has 0 atom stereocenters. The minimum atomic E-state index is -0.462. The molecule has 2 aromatic rings. The Morgan fingerprint density at radius 2 is 1.92 bits per heavy atom. The van der Waals surface area contributed by atoms with E-state index in [0.29, 0.717) is 17.9 Å². The van der Waals surface area contributed by atoms with Gasteiger partial charge < -0.3 is 15.2 Å². The van der Waals surface area contributed by atoms with Gasteiger partial charge >= 0.3 is 0 Å². The van der Waals surface area contributed by atoms with E-state index in [-0.39, 0.29) is 0 Å². The number of halogens is 1. The first-order chi connectivity index (χ1) is 11.9. The average Bonchev–Trinajstić information content (AvgIpc) is 2.88. The summed E-state index contributed by atoms with van der Waals surface area (Å²) in [5, 5.41) is 0. The molecule has 2 aromatic carbocycles. The number of carbonyl (C=O) groups excluding carboxylic acids is 1. The highest BCUT2D eigenvalue weighted by atomic mass is 79.9. The zero-order valence-corrected chi connectivity index (χ0v) is 16.1. The van der Waals surface area contributed by atoms with Crippen LogP contribution in [0, 0.1) is 0 Å². The molecule has 1 amide bonds. The van der Waals surface area contributed by atoms with Gasteiger partial charge in [-0.25, -0.2) is 0 Å². The lowest BCUT2D eigenvalue weighted by Gasteiger charge is -2.16. The number of ether oxygens (including phenoxy) is 2. The topological polar surface area (TPSA) is 61.6 Å². The fraction of sp³-hybridized carbons (Fsp3) is 0.250. The molecule has 0 radical (unpaired) electrons. The highest BCUT2D eigenvalue weighted by molar-refractivity contribution is 9.10. The van der Waals surface area contributed by atoms with Crippen molar-refractivity contribution in [3.63, 3.8) is 0 Å². The maximum atomic E-state index is 12.1. The Morgan fingerprint density at radius 1 is 1.24 bits per heavy atom. The lowest BCUT2D eigenvalue weighted by molar-refractivity contribution is 0.0995. The van der Waals surface area contributed by atoms with Gasteiger partial charge in [-0.15, -0.1) is 0 Å². The summed E-state index contributed by atoms with van der Waals surface area (Å²) in [5.74, 6) is 0.839. The van der Waals surface area contributed by atoms with Gasteiger partial charge in [-0.05, 0) is 60.7 Å². The van der Waals surface area contributed by atoms with Crippen molar-refractivity contribution in [3.05, 3.63) is 62.6 Å². The highest BCUT2D eigenvalue weighted by Crippen LogP contribution is 2.43. The van der Waals surface area contributed by atoms with Gasteiger partial charge in [0.1, 0.15) is 18.1 Å². The molecule has 0 unspecified atom stereocenters. The molecule has 0 saturated heterocycles. The van der Waals surface area contributed by atoms with E-state index in [1.54, 1.807) is 7.11 Å². The second-order valence-electron chi connectivity index (χ2n) is 6.17. The van der Waals surface area contributed by atoms with Crippen molar-refractivity contribution in [3.8, 4) is 11.5 Å². The summed E-state index contributed by atoms with van der Waals surface area (Å²) >= 11 is 3.61. The fourth-order valence-electron chi connectivity index (χ4n) is 3.14. The third-order valence-electron chi connectivity index (χ3n) is 4.60. The molecule has 0 saturated carbocycles. The van der Waals surface area contributed by atoms with Crippen LogP contribution in [-0.2, 0) is 13.0 Å². The molecule has 3 rings (SSSR count). The number of carbonyl (C=O) groups is 1. The molecule has 0 fully saturated rings. The summed E-state index contributed by atoms with van der Waals surface area (Å²) in [5.41, 5.74) is 11.6. The van der Waals surface area contributed by atoms with Crippen molar-refractivity contribution < 1.29 is 14.3 Å². The molecule has 2 N–H and O–H groups in total. The molecule has 0 heterocycles. The van der Waals surface area contributed by atoms with Crippen LogP contribution in [0.4, 0.5) is 0 Å². The zero-order chi connectivity index (χ0) is 18.1. The molecule has 4 nitrogen and oxygen atoms in total. The van der Waals surface area contributed by atoms with Crippen LogP contribution in [0.25, 0.3) is 5.57 Å². The summed E-state index contributed by atoms with van der Waals surface area (Å²) in [6.45, 7) is 4.49. The van der Waals surface area contributed by atoms with Crippen molar-refractivity contribution in [2.45, 2.75) is 26.9 Å². The normalized spacial score (nSPS) is 13.0. The summed E-state index contributed by atoms with van der Waals surface area (Å²) < 4.78 is 12.0. The van der Waals surface area contributed by atoms with Crippen LogP contribution in [0.15, 0.2) is 40.4 Å². The smallest absolute Gasteiger partial charge is 0.252 e. The van der Waals surface area contributed by atoms with Gasteiger partial charge in [0.05, 0.1) is 12.7 Å². The molecule has 0 bridgehead atoms. The first-order valence-corrected chi connectivity index (χ1v) is 8.79. The predicted octanol–water partition coefficient (Wildman–Crippen LogP) is 4.49. The van der Waals surface area contributed by atoms with Crippen LogP contribution in [-0.4, -0.2) is 13.0 Å². The largest absolute Gasteiger partial charge is 0.497 e. The Morgan fingerprint density at radius 3 is 2.52 bits per heavy atom. The number of benzene rings is 2. The van der Waals surface area contributed by atoms with Gasteiger partial charge in [-0.3, -0.25) is 4.79 Å². The van der Waals surface area contributed by atoms with Crippen LogP contribution in [0.2, 0.25) is 0 Å². The first kappa shape index (κ1) is 17.5. The van der Waals surface area contributed by atoms with E-state index in [9.17, 15) is 4.79 Å². The van der Waals surface area contributed by atoms with Crippen LogP contribution >= 0.6 is 15.9 Å². The van der Waals surface area contributed by atoms with E-state index >= 15 is 0 Å². The Kier molecular flexibility index (Phi) is 4.86. The molecule has 5 heteroatoms. The maximum Gasteiger partial charge on any atom is 0.252 e. The molecular weight excluding hydrogens is 382 g/mol. The van der Waals surface area contributed by atoms with Gasteiger partial charge in [-0.2, -0.15) is 0 Å². The SMILES string of the molecule is COc1ccc(COc2cc(Br)c3c(c2C(N)=O)CC(C)=C3C)cc1. The Hall–Kier alpha value is -2.27. The zero-order valence-electron chi connectivity index (χ0n) is 14.5. The molecule has 25 heavy (non-hydrogen) atoms. The highest BCUT2D eigenvalue weighted by Gasteiger charge is 2.27. The van der Waals surface area contributed by atoms with Gasteiger partial charge in [0, 0.05) is 4.47 Å². The number of hydrogen-bond acceptors (Lipinski definition) is 3. The van der Waals surface area contributed by atoms with Crippen LogP contribution < -0.4 is 15.2 Å². The molecule has 0 spiro atoms. The second-order valence-corrected chi connectivity index (χ2v) is 7.02. The predicted molar refractivity (Wildman–Crippen MR) is 102 cm³/mol. The lowest BCUT2D eigenvalue weighted by atomic mass is 9.99.